The minimum Gasteiger partial charge on any atom is -0.454 e. The molecule has 5 heteroatoms. The van der Waals surface area contributed by atoms with Crippen LogP contribution in [0.15, 0.2) is 42.5 Å². The number of hydrogen-bond acceptors (Lipinski definition) is 4. The lowest BCUT2D eigenvalue weighted by Gasteiger charge is -2.21. The SMILES string of the molecule is CCN(Cc1cccc(N)c1)Cc1ccc2c(c1)OCO2.Cl. The lowest BCUT2D eigenvalue weighted by molar-refractivity contribution is 0.174. The van der Waals surface area contributed by atoms with E-state index in [4.69, 9.17) is 15.2 Å². The summed E-state index contributed by atoms with van der Waals surface area (Å²) in [6.07, 6.45) is 0. The van der Waals surface area contributed by atoms with E-state index in [1.54, 1.807) is 0 Å². The van der Waals surface area contributed by atoms with Crippen LogP contribution in [0.2, 0.25) is 0 Å². The Balaban J connectivity index is 0.00000176. The second kappa shape index (κ2) is 7.38. The molecular weight excluding hydrogens is 300 g/mol. The average Bonchev–Trinajstić information content (AvgIpc) is 2.94. The first-order chi connectivity index (χ1) is 10.2. The van der Waals surface area contributed by atoms with Gasteiger partial charge >= 0.3 is 0 Å². The van der Waals surface area contributed by atoms with Gasteiger partial charge in [-0.05, 0) is 41.9 Å². The van der Waals surface area contributed by atoms with E-state index in [0.29, 0.717) is 6.79 Å². The fraction of sp³-hybridized carbons (Fsp3) is 0.294. The molecule has 0 bridgehead atoms. The summed E-state index contributed by atoms with van der Waals surface area (Å²) in [4.78, 5) is 2.37. The van der Waals surface area contributed by atoms with Crippen LogP contribution in [0.1, 0.15) is 18.1 Å². The van der Waals surface area contributed by atoms with Crippen LogP contribution in [-0.2, 0) is 13.1 Å². The van der Waals surface area contributed by atoms with Gasteiger partial charge in [-0.1, -0.05) is 25.1 Å². The molecule has 0 amide bonds. The van der Waals surface area contributed by atoms with Crippen LogP contribution in [0, 0.1) is 0 Å². The van der Waals surface area contributed by atoms with Crippen molar-refractivity contribution in [2.75, 3.05) is 19.1 Å². The van der Waals surface area contributed by atoms with Crippen molar-refractivity contribution in [2.45, 2.75) is 20.0 Å². The summed E-state index contributed by atoms with van der Waals surface area (Å²) in [6.45, 7) is 5.22. The number of rotatable bonds is 5. The van der Waals surface area contributed by atoms with Gasteiger partial charge in [0.15, 0.2) is 11.5 Å². The lowest BCUT2D eigenvalue weighted by Crippen LogP contribution is -2.22. The Morgan fingerprint density at radius 3 is 2.45 bits per heavy atom. The largest absolute Gasteiger partial charge is 0.454 e. The molecule has 0 aromatic heterocycles. The highest BCUT2D eigenvalue weighted by molar-refractivity contribution is 5.85. The molecule has 0 radical (unpaired) electrons. The van der Waals surface area contributed by atoms with Gasteiger partial charge in [0.1, 0.15) is 0 Å². The van der Waals surface area contributed by atoms with Gasteiger partial charge in [0.2, 0.25) is 6.79 Å². The quantitative estimate of drug-likeness (QED) is 0.857. The molecule has 0 fully saturated rings. The number of nitrogens with zero attached hydrogens (tertiary/aromatic N) is 1. The van der Waals surface area contributed by atoms with Crippen molar-refractivity contribution < 1.29 is 9.47 Å². The minimum atomic E-state index is 0. The second-order valence-corrected chi connectivity index (χ2v) is 5.24. The Morgan fingerprint density at radius 2 is 1.73 bits per heavy atom. The van der Waals surface area contributed by atoms with Crippen LogP contribution in [0.3, 0.4) is 0 Å². The predicted octanol–water partition coefficient (Wildman–Crippen LogP) is 3.44. The normalized spacial score (nSPS) is 12.3. The van der Waals surface area contributed by atoms with E-state index in [1.807, 2.05) is 24.3 Å². The van der Waals surface area contributed by atoms with Gasteiger partial charge < -0.3 is 15.2 Å². The first-order valence-corrected chi connectivity index (χ1v) is 7.20. The Kier molecular flexibility index (Phi) is 5.52. The van der Waals surface area contributed by atoms with Crippen molar-refractivity contribution in [1.82, 2.24) is 4.90 Å². The summed E-state index contributed by atoms with van der Waals surface area (Å²) in [5.74, 6) is 1.67. The monoisotopic (exact) mass is 320 g/mol. The summed E-state index contributed by atoms with van der Waals surface area (Å²) in [6, 6.07) is 14.2. The minimum absolute atomic E-state index is 0. The van der Waals surface area contributed by atoms with Crippen molar-refractivity contribution in [3.05, 3.63) is 53.6 Å². The van der Waals surface area contributed by atoms with Crippen molar-refractivity contribution in [1.29, 1.82) is 0 Å². The Bertz CT molecular complexity index is 634. The van der Waals surface area contributed by atoms with E-state index in [-0.39, 0.29) is 12.4 Å². The van der Waals surface area contributed by atoms with Crippen LogP contribution >= 0.6 is 12.4 Å². The maximum atomic E-state index is 5.84. The summed E-state index contributed by atoms with van der Waals surface area (Å²) in [5, 5.41) is 0. The standard InChI is InChI=1S/C17H20N2O2.ClH/c1-2-19(10-13-4-3-5-15(18)8-13)11-14-6-7-16-17(9-14)21-12-20-16;/h3-9H,2,10-12,18H2,1H3;1H. The Morgan fingerprint density at radius 1 is 1.00 bits per heavy atom. The Hall–Kier alpha value is -1.91. The molecule has 0 aliphatic carbocycles. The summed E-state index contributed by atoms with van der Waals surface area (Å²) in [7, 11) is 0. The molecule has 1 aliphatic heterocycles. The summed E-state index contributed by atoms with van der Waals surface area (Å²) in [5.41, 5.74) is 9.11. The molecule has 0 spiro atoms. The fourth-order valence-electron chi connectivity index (χ4n) is 2.53. The van der Waals surface area contributed by atoms with E-state index in [9.17, 15) is 0 Å². The molecule has 22 heavy (non-hydrogen) atoms. The van der Waals surface area contributed by atoms with E-state index in [0.717, 1.165) is 36.8 Å². The van der Waals surface area contributed by atoms with Crippen LogP contribution in [0.4, 0.5) is 5.69 Å². The molecule has 4 nitrogen and oxygen atoms in total. The molecule has 1 heterocycles. The van der Waals surface area contributed by atoms with Gasteiger partial charge in [-0.15, -0.1) is 12.4 Å². The molecule has 0 saturated carbocycles. The van der Waals surface area contributed by atoms with Crippen molar-refractivity contribution >= 4 is 18.1 Å². The molecule has 1 aliphatic rings. The van der Waals surface area contributed by atoms with Crippen LogP contribution in [0.5, 0.6) is 11.5 Å². The number of benzene rings is 2. The van der Waals surface area contributed by atoms with Crippen molar-refractivity contribution in [2.24, 2.45) is 0 Å². The van der Waals surface area contributed by atoms with Crippen molar-refractivity contribution in [3.63, 3.8) is 0 Å². The van der Waals surface area contributed by atoms with Gasteiger partial charge in [0.05, 0.1) is 0 Å². The van der Waals surface area contributed by atoms with Gasteiger partial charge in [-0.25, -0.2) is 0 Å². The first-order valence-electron chi connectivity index (χ1n) is 7.20. The zero-order valence-corrected chi connectivity index (χ0v) is 13.4. The van der Waals surface area contributed by atoms with Crippen molar-refractivity contribution in [3.8, 4) is 11.5 Å². The molecule has 2 aromatic rings. The maximum absolute atomic E-state index is 5.84. The number of halogens is 1. The molecule has 0 atom stereocenters. The summed E-state index contributed by atoms with van der Waals surface area (Å²) < 4.78 is 10.8. The highest BCUT2D eigenvalue weighted by Gasteiger charge is 2.14. The molecular formula is C17H21ClN2O2. The van der Waals surface area contributed by atoms with Gasteiger partial charge in [0.25, 0.3) is 0 Å². The molecule has 2 aromatic carbocycles. The van der Waals surface area contributed by atoms with Crippen LogP contribution in [-0.4, -0.2) is 18.2 Å². The molecule has 0 unspecified atom stereocenters. The van der Waals surface area contributed by atoms with E-state index < -0.39 is 0 Å². The second-order valence-electron chi connectivity index (χ2n) is 5.24. The van der Waals surface area contributed by atoms with E-state index in [1.165, 1.54) is 11.1 Å². The maximum Gasteiger partial charge on any atom is 0.231 e. The zero-order valence-electron chi connectivity index (χ0n) is 12.6. The molecule has 0 saturated heterocycles. The molecule has 3 rings (SSSR count). The highest BCUT2D eigenvalue weighted by atomic mass is 35.5. The average molecular weight is 321 g/mol. The highest BCUT2D eigenvalue weighted by Crippen LogP contribution is 2.32. The van der Waals surface area contributed by atoms with Gasteiger partial charge in [-0.3, -0.25) is 4.90 Å². The molecule has 118 valence electrons. The molecule has 2 N–H and O–H groups in total. The van der Waals surface area contributed by atoms with Crippen LogP contribution in [0.25, 0.3) is 0 Å². The third-order valence-corrected chi connectivity index (χ3v) is 3.65. The topological polar surface area (TPSA) is 47.7 Å². The number of fused-ring (bicyclic) bond motifs is 1. The summed E-state index contributed by atoms with van der Waals surface area (Å²) >= 11 is 0. The number of hydrogen-bond donors (Lipinski definition) is 1. The first kappa shape index (κ1) is 16.5. The lowest BCUT2D eigenvalue weighted by atomic mass is 10.1. The predicted molar refractivity (Wildman–Crippen MR) is 90.5 cm³/mol. The van der Waals surface area contributed by atoms with E-state index >= 15 is 0 Å². The third-order valence-electron chi connectivity index (χ3n) is 3.65. The van der Waals surface area contributed by atoms with Crippen LogP contribution < -0.4 is 15.2 Å². The number of ether oxygens (including phenoxy) is 2. The van der Waals surface area contributed by atoms with Gasteiger partial charge in [0, 0.05) is 18.8 Å². The fourth-order valence-corrected chi connectivity index (χ4v) is 2.53. The van der Waals surface area contributed by atoms with Gasteiger partial charge in [-0.2, -0.15) is 0 Å². The number of nitrogen functional groups attached to an aromatic ring is 1. The number of anilines is 1. The number of nitrogens with two attached hydrogens (primary N) is 1. The van der Waals surface area contributed by atoms with E-state index in [2.05, 4.69) is 30.0 Å². The smallest absolute Gasteiger partial charge is 0.231 e. The Labute approximate surface area is 137 Å². The zero-order chi connectivity index (χ0) is 14.7. The third kappa shape index (κ3) is 3.84.